The molecule has 20 aliphatic rings. The molecule has 0 aromatic rings. The minimum absolute atomic E-state index is 0.000594. The van der Waals surface area contributed by atoms with Crippen LogP contribution in [0.3, 0.4) is 0 Å². The molecule has 12 aliphatic heterocycles. The van der Waals surface area contributed by atoms with E-state index in [0.29, 0.717) is 32.8 Å². The first-order valence-corrected chi connectivity index (χ1v) is 46.2. The maximum absolute atomic E-state index is 13.9. The minimum Gasteiger partial charge on any atom is -0.373 e. The monoisotopic (exact) mass is 1920 g/mol. The first-order chi connectivity index (χ1) is 62.1. The van der Waals surface area contributed by atoms with Crippen LogP contribution in [0.25, 0.3) is 0 Å². The molecule has 12 heterocycles. The molecular formula is C94H127F13O26. The zero-order valence-electron chi connectivity index (χ0n) is 78.2. The molecule has 8 saturated carbocycles. The lowest BCUT2D eigenvalue weighted by Crippen LogP contribution is -2.56. The van der Waals surface area contributed by atoms with E-state index in [1.807, 2.05) is 48.5 Å². The lowest BCUT2D eigenvalue weighted by Gasteiger charge is -2.40. The molecule has 0 bridgehead atoms. The first kappa shape index (κ1) is 103. The van der Waals surface area contributed by atoms with Crippen molar-refractivity contribution in [2.75, 3.05) is 95.5 Å². The third-order valence-corrected chi connectivity index (χ3v) is 32.1. The van der Waals surface area contributed by atoms with Gasteiger partial charge in [0.05, 0.1) is 125 Å². The average Bonchev–Trinajstić information content (AvgIpc) is 1.55. The Morgan fingerprint density at radius 2 is 0.556 bits per heavy atom. The molecular weight excluding hydrogens is 1790 g/mol. The van der Waals surface area contributed by atoms with Crippen LogP contribution in [0.4, 0.5) is 57.1 Å². The number of Topliss-reactive ketones (excluding diaryl/α,β-unsaturated/α-hetero) is 6. The van der Waals surface area contributed by atoms with Crippen molar-refractivity contribution in [3.05, 3.63) is 46.6 Å². The number of rotatable bonds is 26. The summed E-state index contributed by atoms with van der Waals surface area (Å²) in [4.78, 5) is 73.2. The van der Waals surface area contributed by atoms with Crippen LogP contribution in [0.1, 0.15) is 179 Å². The first-order valence-electron chi connectivity index (χ1n) is 46.2. The van der Waals surface area contributed by atoms with Crippen molar-refractivity contribution in [3.63, 3.8) is 0 Å². The van der Waals surface area contributed by atoms with Crippen LogP contribution in [-0.4, -0.2) is 314 Å². The molecule has 39 heteroatoms. The molecule has 0 aromatic heterocycles. The summed E-state index contributed by atoms with van der Waals surface area (Å²) < 4.78 is 274. The molecule has 0 N–H and O–H groups in total. The molecule has 133 heavy (non-hydrogen) atoms. The molecule has 36 atom stereocenters. The van der Waals surface area contributed by atoms with Gasteiger partial charge in [-0.1, -0.05) is 54.9 Å². The van der Waals surface area contributed by atoms with Crippen LogP contribution < -0.4 is 0 Å². The highest BCUT2D eigenvalue weighted by Crippen LogP contribution is 2.66. The van der Waals surface area contributed by atoms with Crippen molar-refractivity contribution >= 4 is 34.7 Å². The van der Waals surface area contributed by atoms with Crippen molar-refractivity contribution in [2.24, 2.45) is 47.3 Å². The van der Waals surface area contributed by atoms with Crippen LogP contribution >= 0.6 is 0 Å². The van der Waals surface area contributed by atoms with E-state index in [0.717, 1.165) is 45.3 Å². The second kappa shape index (κ2) is 36.7. The molecule has 0 aromatic carbocycles. The largest absolute Gasteiger partial charge is 0.522 e. The Labute approximate surface area is 764 Å². The van der Waals surface area contributed by atoms with Crippen LogP contribution in [0.5, 0.6) is 0 Å². The van der Waals surface area contributed by atoms with Gasteiger partial charge in [0.2, 0.25) is 0 Å². The number of carbonyl (C=O) groups excluding carboxylic acids is 6. The van der Waals surface area contributed by atoms with Gasteiger partial charge in [-0.2, -0.15) is 13.2 Å². The predicted octanol–water partition coefficient (Wildman–Crippen LogP) is 13.1. The number of methoxy groups -OCH3 is 6. The SMILES string of the molecule is CO[C@@H]1C(=O)[C@@H](F)C[C@]2(CO2)[C@H]1[C@@]1(C)O[C@@H]1CC=C1CC1.CO[C@@H]1C(=O)[C@@H](F)C[C@]2(CO2)[C@H]1[C@]1(C)O[C@@H]1C/C=C(\C)C(F)(F)F.CO[C@@H]1C(=O)[C@@H](F)C[C@]2(CO2)[C@H]1[C@]1(C)O[C@@H]1CC=C(C)C.CO[C@@H]1C(=O)[C@@H](F)C[C@]2(CO2)[C@H]1[C@]1(C)O[C@@H]1CCOC(F)(F)F.CO[C@@H]1C(=O)[C@H](C)C[C@]2(CO2)[C@H]1[C@@]1(C)O[C@@H]1CC=C1CC1.CO[C@@H]1C(=O)[C@H](C)C[C@]2(CO2)[C@H]1[C@]1(C)O[C@@H]1CCOC(F)(F)F. The molecule has 6 spiro atoms. The highest BCUT2D eigenvalue weighted by Gasteiger charge is 2.80. The van der Waals surface area contributed by atoms with Gasteiger partial charge in [0.1, 0.15) is 104 Å². The predicted molar refractivity (Wildman–Crippen MR) is 439 cm³/mol. The summed E-state index contributed by atoms with van der Waals surface area (Å²) in [5, 5.41) is 0. The Morgan fingerprint density at radius 3 is 0.774 bits per heavy atom. The maximum Gasteiger partial charge on any atom is 0.522 e. The van der Waals surface area contributed by atoms with Gasteiger partial charge in [-0.25, -0.2) is 17.6 Å². The number of ether oxygens (including phenoxy) is 20. The summed E-state index contributed by atoms with van der Waals surface area (Å²) in [7, 11) is 8.65. The lowest BCUT2D eigenvalue weighted by atomic mass is 9.66. The van der Waals surface area contributed by atoms with Crippen molar-refractivity contribution in [2.45, 2.75) is 363 Å². The molecule has 8 aliphatic carbocycles. The number of alkyl halides is 13. The minimum atomic E-state index is -4.69. The fourth-order valence-corrected chi connectivity index (χ4v) is 23.8. The van der Waals surface area contributed by atoms with Gasteiger partial charge in [-0.15, -0.1) is 26.3 Å². The lowest BCUT2D eigenvalue weighted by molar-refractivity contribution is -0.325. The molecule has 12 saturated heterocycles. The van der Waals surface area contributed by atoms with Gasteiger partial charge in [-0.3, -0.25) is 38.2 Å². The van der Waals surface area contributed by atoms with Crippen molar-refractivity contribution < 1.29 is 181 Å². The molecule has 26 nitrogen and oxygen atoms in total. The second-order valence-corrected chi connectivity index (χ2v) is 41.5. The number of hydrogen-bond donors (Lipinski definition) is 0. The number of ketones is 6. The van der Waals surface area contributed by atoms with E-state index in [1.54, 1.807) is 26.5 Å². The Kier molecular flexibility index (Phi) is 28.3. The van der Waals surface area contributed by atoms with Gasteiger partial charge in [0, 0.05) is 98.6 Å². The molecule has 20 fully saturated rings. The normalized spacial score (nSPS) is 48.0. The van der Waals surface area contributed by atoms with Crippen molar-refractivity contribution in [3.8, 4) is 0 Å². The Bertz CT molecular complexity index is 4170. The Hall–Kier alpha value is -4.73. The van der Waals surface area contributed by atoms with Crippen LogP contribution in [0.2, 0.25) is 0 Å². The van der Waals surface area contributed by atoms with E-state index in [2.05, 4.69) is 34.6 Å². The average molecular weight is 1920 g/mol. The van der Waals surface area contributed by atoms with Crippen LogP contribution in [0, 0.1) is 47.3 Å². The van der Waals surface area contributed by atoms with E-state index in [4.69, 9.17) is 85.3 Å². The summed E-state index contributed by atoms with van der Waals surface area (Å²) in [5.41, 5.74) is -3.54. The smallest absolute Gasteiger partial charge is 0.373 e. The second-order valence-electron chi connectivity index (χ2n) is 41.5. The summed E-state index contributed by atoms with van der Waals surface area (Å²) in [6.45, 7) is 22.1. The number of hydrogen-bond acceptors (Lipinski definition) is 26. The fraction of sp³-hybridized carbons (Fsp3) is 0.851. The van der Waals surface area contributed by atoms with E-state index in [1.165, 1.54) is 72.4 Å². The summed E-state index contributed by atoms with van der Waals surface area (Å²) in [6.07, 6.45) is -8.66. The number of epoxide rings is 12. The van der Waals surface area contributed by atoms with Gasteiger partial charge >= 0.3 is 18.9 Å². The van der Waals surface area contributed by atoms with E-state index in [-0.39, 0.29) is 134 Å². The van der Waals surface area contributed by atoms with Crippen molar-refractivity contribution in [1.82, 2.24) is 0 Å². The zero-order chi connectivity index (χ0) is 97.1. The molecule has 750 valence electrons. The number of carbonyl (C=O) groups is 6. The van der Waals surface area contributed by atoms with Gasteiger partial charge < -0.3 is 85.3 Å². The Morgan fingerprint density at radius 1 is 0.338 bits per heavy atom. The maximum atomic E-state index is 13.9. The highest BCUT2D eigenvalue weighted by molar-refractivity contribution is 5.92. The summed E-state index contributed by atoms with van der Waals surface area (Å²) in [6, 6.07) is 0. The van der Waals surface area contributed by atoms with Crippen molar-refractivity contribution in [1.29, 1.82) is 0 Å². The number of halogens is 13. The topological polar surface area (TPSA) is 327 Å². The molecule has 0 amide bonds. The third kappa shape index (κ3) is 20.6. The quantitative estimate of drug-likeness (QED) is 0.0441. The van der Waals surface area contributed by atoms with Crippen LogP contribution in [-0.2, 0) is 124 Å². The van der Waals surface area contributed by atoms with E-state index >= 15 is 0 Å². The zero-order valence-corrected chi connectivity index (χ0v) is 78.2. The number of allylic oxidation sites excluding steroid dienone is 4. The summed E-state index contributed by atoms with van der Waals surface area (Å²) >= 11 is 0. The van der Waals surface area contributed by atoms with E-state index < -0.39 is 202 Å². The van der Waals surface area contributed by atoms with Crippen LogP contribution in [0.15, 0.2) is 46.6 Å². The van der Waals surface area contributed by atoms with Gasteiger partial charge in [-0.05, 0) is 127 Å². The highest BCUT2D eigenvalue weighted by atomic mass is 19.4. The molecule has 20 rings (SSSR count). The summed E-state index contributed by atoms with van der Waals surface area (Å²) in [5.74, 6) is -3.98. The van der Waals surface area contributed by atoms with E-state index in [9.17, 15) is 85.8 Å². The van der Waals surface area contributed by atoms with Gasteiger partial charge in [0.25, 0.3) is 0 Å². The van der Waals surface area contributed by atoms with Gasteiger partial charge in [0.15, 0.2) is 59.4 Å². The fourth-order valence-electron chi connectivity index (χ4n) is 23.8. The third-order valence-electron chi connectivity index (χ3n) is 32.1. The molecule has 0 unspecified atom stereocenters. The molecule has 0 radical (unpaired) electrons. The standard InChI is InChI=1S/C17H24O4.C16H20F4O4.C16H21FO4.C16H23FO4.C15H21F3O5.C14H18F4O5/c1-10-8-17(9-20-17)15(14(19-3)13(10)18)16(2)12(21-16)7-6-11-4-5-11;1-8(16(18,19)20)4-5-10-14(2,24-10)13-12(22-3)11(21)9(17)6-15(13)7-23-15;1-15(11(21-15)6-5-9-3-4-9)14-13(19-2)12(18)10(17)7-16(14)8-20-16;1-9(2)5-6-11-15(3,21-11)14-13(19-4)12(18)10(17)7-16(14)8-20-16;1-8-6-14(7-22-14)12(11(20-3)10(8)19)13(2)9(23-13)4-5-21-15(16,17)18;1-12(8(23-12)3-4-21-14(16,17)18)11-10(20-2)9(19)7(15)5-13(11)6-22-13/h6,10,12,14-15H,4-5,7-9H2,1-3H3;4,9-10,12-13H,5-7H2,1-3H3;5,10-11,13-14H,3-4,6-8H2,1-2H3;5,10-11,13-14H,6-8H2,1-4H3;8-9,11-12H,4-7H2,1-3H3;7-8,10-11H,3-6H2,1-2H3/b;8-4+;;;;/t10-,12-,14-,15-,16+,17+;9-,10+,12+,13+,14+,15-;10-,11+,13+,14+,15-,16-;10-,11+,13+,14+,15+,16-;8-,9-,11-,12-,13-,14+;7-,8+,10+,11+,12+,13-/m100010/s1. The Balaban J connectivity index is 0.000000122.